The minimum atomic E-state index is -0.126. The normalized spacial score (nSPS) is 10.4. The Morgan fingerprint density at radius 1 is 1.12 bits per heavy atom. The second kappa shape index (κ2) is 7.27. The summed E-state index contributed by atoms with van der Waals surface area (Å²) in [6, 6.07) is 13.1. The van der Waals surface area contributed by atoms with Crippen LogP contribution in [0.25, 0.3) is 0 Å². The molecule has 1 heterocycles. The highest BCUT2D eigenvalue weighted by molar-refractivity contribution is 7.07. The molecule has 122 valence electrons. The number of amides is 1. The van der Waals surface area contributed by atoms with Crippen LogP contribution in [0.5, 0.6) is 5.75 Å². The lowest BCUT2D eigenvalue weighted by atomic mass is 10.1. The Balaban J connectivity index is 1.65. The van der Waals surface area contributed by atoms with Crippen molar-refractivity contribution in [3.8, 4) is 5.75 Å². The van der Waals surface area contributed by atoms with Crippen LogP contribution >= 0.6 is 11.3 Å². The van der Waals surface area contributed by atoms with Crippen LogP contribution < -0.4 is 10.1 Å². The first kappa shape index (κ1) is 16.2. The van der Waals surface area contributed by atoms with Crippen molar-refractivity contribution in [1.29, 1.82) is 0 Å². The highest BCUT2D eigenvalue weighted by Crippen LogP contribution is 2.21. The fourth-order valence-electron chi connectivity index (χ4n) is 2.37. The number of aryl methyl sites for hydroxylation is 2. The number of anilines is 1. The minimum absolute atomic E-state index is 0.126. The van der Waals surface area contributed by atoms with Gasteiger partial charge in [0.1, 0.15) is 12.4 Å². The predicted octanol–water partition coefficient (Wildman–Crippen LogP) is 4.59. The summed E-state index contributed by atoms with van der Waals surface area (Å²) in [4.78, 5) is 16.6. The molecule has 3 rings (SSSR count). The van der Waals surface area contributed by atoms with Gasteiger partial charge in [-0.25, -0.2) is 4.98 Å². The monoisotopic (exact) mass is 338 g/mol. The Kier molecular flexibility index (Phi) is 4.91. The van der Waals surface area contributed by atoms with E-state index >= 15 is 0 Å². The highest BCUT2D eigenvalue weighted by Gasteiger charge is 2.09. The Morgan fingerprint density at radius 3 is 2.46 bits per heavy atom. The van der Waals surface area contributed by atoms with E-state index in [9.17, 15) is 4.79 Å². The molecule has 0 radical (unpaired) electrons. The van der Waals surface area contributed by atoms with Crippen molar-refractivity contribution in [2.45, 2.75) is 20.5 Å². The van der Waals surface area contributed by atoms with Crippen molar-refractivity contribution in [2.24, 2.45) is 0 Å². The third-order valence-electron chi connectivity index (χ3n) is 3.71. The van der Waals surface area contributed by atoms with Crippen LogP contribution in [-0.4, -0.2) is 10.9 Å². The molecule has 2 aromatic carbocycles. The lowest BCUT2D eigenvalue weighted by molar-refractivity contribution is 0.102. The van der Waals surface area contributed by atoms with Gasteiger partial charge < -0.3 is 10.1 Å². The van der Waals surface area contributed by atoms with Gasteiger partial charge in [0, 0.05) is 16.6 Å². The molecule has 1 N–H and O–H groups in total. The molecule has 0 aliphatic heterocycles. The number of benzene rings is 2. The van der Waals surface area contributed by atoms with Crippen molar-refractivity contribution in [2.75, 3.05) is 5.32 Å². The number of rotatable bonds is 5. The van der Waals surface area contributed by atoms with Gasteiger partial charge in [0.25, 0.3) is 5.91 Å². The van der Waals surface area contributed by atoms with Crippen LogP contribution in [0.4, 0.5) is 5.69 Å². The summed E-state index contributed by atoms with van der Waals surface area (Å²) >= 11 is 1.54. The molecular weight excluding hydrogens is 320 g/mol. The molecule has 24 heavy (non-hydrogen) atoms. The van der Waals surface area contributed by atoms with Crippen LogP contribution in [0.1, 0.15) is 27.2 Å². The maximum Gasteiger partial charge on any atom is 0.255 e. The zero-order valence-corrected chi connectivity index (χ0v) is 14.4. The van der Waals surface area contributed by atoms with E-state index in [2.05, 4.69) is 10.3 Å². The molecule has 0 spiro atoms. The highest BCUT2D eigenvalue weighted by atomic mass is 32.1. The second-order valence-electron chi connectivity index (χ2n) is 5.51. The maximum absolute atomic E-state index is 12.4. The molecule has 0 saturated heterocycles. The molecule has 1 aromatic heterocycles. The first-order chi connectivity index (χ1) is 11.6. The molecule has 0 fully saturated rings. The van der Waals surface area contributed by atoms with E-state index in [0.29, 0.717) is 17.9 Å². The number of aromatic nitrogens is 1. The Morgan fingerprint density at radius 2 is 1.83 bits per heavy atom. The van der Waals surface area contributed by atoms with E-state index in [-0.39, 0.29) is 5.91 Å². The molecule has 0 unspecified atom stereocenters. The van der Waals surface area contributed by atoms with E-state index in [0.717, 1.165) is 22.5 Å². The number of carbonyl (C=O) groups excluding carboxylic acids is 1. The molecule has 0 atom stereocenters. The zero-order chi connectivity index (χ0) is 16.9. The number of nitrogens with one attached hydrogen (secondary N) is 1. The molecule has 0 aliphatic carbocycles. The van der Waals surface area contributed by atoms with Crippen LogP contribution in [0.3, 0.4) is 0 Å². The second-order valence-corrected chi connectivity index (χ2v) is 6.23. The van der Waals surface area contributed by atoms with Crippen LogP contribution in [0, 0.1) is 13.8 Å². The fraction of sp³-hybridized carbons (Fsp3) is 0.158. The first-order valence-corrected chi connectivity index (χ1v) is 8.55. The summed E-state index contributed by atoms with van der Waals surface area (Å²) < 4.78 is 5.65. The molecule has 0 aliphatic rings. The number of para-hydroxylation sites is 1. The number of nitrogens with zero attached hydrogens (tertiary/aromatic N) is 1. The molecule has 3 aromatic rings. The lowest BCUT2D eigenvalue weighted by Gasteiger charge is -2.12. The summed E-state index contributed by atoms with van der Waals surface area (Å²) in [5, 5.41) is 4.93. The zero-order valence-electron chi connectivity index (χ0n) is 13.6. The van der Waals surface area contributed by atoms with Gasteiger partial charge in [-0.2, -0.15) is 0 Å². The van der Waals surface area contributed by atoms with E-state index in [4.69, 9.17) is 4.74 Å². The number of ether oxygens (including phenoxy) is 1. The minimum Gasteiger partial charge on any atom is -0.487 e. The fourth-order valence-corrected chi connectivity index (χ4v) is 2.91. The Hall–Kier alpha value is -2.66. The average Bonchev–Trinajstić information content (AvgIpc) is 3.10. The van der Waals surface area contributed by atoms with Gasteiger partial charge in [-0.15, -0.1) is 11.3 Å². The Bertz CT molecular complexity index is 807. The Labute approximate surface area is 145 Å². The quantitative estimate of drug-likeness (QED) is 0.740. The summed E-state index contributed by atoms with van der Waals surface area (Å²) in [7, 11) is 0. The van der Waals surface area contributed by atoms with Gasteiger partial charge in [0.15, 0.2) is 0 Å². The molecule has 0 bridgehead atoms. The number of hydrogen-bond acceptors (Lipinski definition) is 4. The predicted molar refractivity (Wildman–Crippen MR) is 96.8 cm³/mol. The van der Waals surface area contributed by atoms with Gasteiger partial charge in [0.2, 0.25) is 0 Å². The molecule has 1 amide bonds. The maximum atomic E-state index is 12.4. The summed E-state index contributed by atoms with van der Waals surface area (Å²) in [6.07, 6.45) is 0. The SMILES string of the molecule is Cc1cccc(C)c1NC(=O)c1ccc(OCc2cscn2)cc1. The number of hydrogen-bond donors (Lipinski definition) is 1. The molecular formula is C19H18N2O2S. The molecule has 4 nitrogen and oxygen atoms in total. The first-order valence-electron chi connectivity index (χ1n) is 7.61. The van der Waals surface area contributed by atoms with Crippen molar-refractivity contribution in [3.05, 3.63) is 75.7 Å². The smallest absolute Gasteiger partial charge is 0.255 e. The van der Waals surface area contributed by atoms with Crippen molar-refractivity contribution >= 4 is 22.9 Å². The lowest BCUT2D eigenvalue weighted by Crippen LogP contribution is -2.13. The van der Waals surface area contributed by atoms with Crippen LogP contribution in [0.15, 0.2) is 53.4 Å². The number of thiazole rings is 1. The van der Waals surface area contributed by atoms with Crippen molar-refractivity contribution < 1.29 is 9.53 Å². The van der Waals surface area contributed by atoms with E-state index in [1.54, 1.807) is 41.1 Å². The standard InChI is InChI=1S/C19H18N2O2S/c1-13-4-3-5-14(2)18(13)21-19(22)15-6-8-17(9-7-15)23-10-16-11-24-12-20-16/h3-9,11-12H,10H2,1-2H3,(H,21,22). The third kappa shape index (κ3) is 3.81. The summed E-state index contributed by atoms with van der Waals surface area (Å²) in [6.45, 7) is 4.40. The van der Waals surface area contributed by atoms with Gasteiger partial charge in [-0.3, -0.25) is 4.79 Å². The van der Waals surface area contributed by atoms with Gasteiger partial charge in [-0.05, 0) is 49.2 Å². The van der Waals surface area contributed by atoms with E-state index in [1.807, 2.05) is 37.4 Å². The van der Waals surface area contributed by atoms with Crippen LogP contribution in [-0.2, 0) is 6.61 Å². The topological polar surface area (TPSA) is 51.2 Å². The largest absolute Gasteiger partial charge is 0.487 e. The van der Waals surface area contributed by atoms with Gasteiger partial charge >= 0.3 is 0 Å². The summed E-state index contributed by atoms with van der Waals surface area (Å²) in [5.41, 5.74) is 6.24. The van der Waals surface area contributed by atoms with Crippen LogP contribution in [0.2, 0.25) is 0 Å². The van der Waals surface area contributed by atoms with Crippen molar-refractivity contribution in [1.82, 2.24) is 4.98 Å². The average molecular weight is 338 g/mol. The number of carbonyl (C=O) groups is 1. The van der Waals surface area contributed by atoms with E-state index in [1.165, 1.54) is 0 Å². The summed E-state index contributed by atoms with van der Waals surface area (Å²) in [5.74, 6) is 0.588. The molecule has 0 saturated carbocycles. The van der Waals surface area contributed by atoms with Gasteiger partial charge in [0.05, 0.1) is 11.2 Å². The van der Waals surface area contributed by atoms with Crippen molar-refractivity contribution in [3.63, 3.8) is 0 Å². The third-order valence-corrected chi connectivity index (χ3v) is 4.34. The molecule has 5 heteroatoms. The van der Waals surface area contributed by atoms with E-state index < -0.39 is 0 Å². The van der Waals surface area contributed by atoms with Gasteiger partial charge in [-0.1, -0.05) is 18.2 Å².